The number of nitrogens with zero attached hydrogens (tertiary/aromatic N) is 3. The summed E-state index contributed by atoms with van der Waals surface area (Å²) in [5.41, 5.74) is 3.79. The molecule has 1 fully saturated rings. The summed E-state index contributed by atoms with van der Waals surface area (Å²) in [5.74, 6) is 3.10. The highest BCUT2D eigenvalue weighted by Gasteiger charge is 2.33. The number of rotatable bonds is 4. The van der Waals surface area contributed by atoms with E-state index in [0.717, 1.165) is 45.1 Å². The largest absolute Gasteiger partial charge is 0.472 e. The van der Waals surface area contributed by atoms with Gasteiger partial charge in [-0.3, -0.25) is 0 Å². The highest BCUT2D eigenvalue weighted by molar-refractivity contribution is 5.51. The van der Waals surface area contributed by atoms with Crippen molar-refractivity contribution < 1.29 is 9.47 Å². The molecule has 3 aliphatic rings. The zero-order valence-electron chi connectivity index (χ0n) is 17.7. The number of hydrogen-bond acceptors (Lipinski definition) is 5. The van der Waals surface area contributed by atoms with Crippen LogP contribution in [0.15, 0.2) is 48.7 Å². The number of benzene rings is 1. The van der Waals surface area contributed by atoms with Gasteiger partial charge in [-0.05, 0) is 49.3 Å². The third-order valence-electron chi connectivity index (χ3n) is 6.74. The Morgan fingerprint density at radius 3 is 2.84 bits per heavy atom. The molecular weight excluding hydrogens is 388 g/mol. The second-order valence-corrected chi connectivity index (χ2v) is 8.78. The number of nitrogens with one attached hydrogen (secondary N) is 1. The highest BCUT2D eigenvalue weighted by atomic mass is 16.5. The maximum atomic E-state index is 6.11. The summed E-state index contributed by atoms with van der Waals surface area (Å²) in [7, 11) is 0. The Balaban J connectivity index is 1.25. The monoisotopic (exact) mass is 416 g/mol. The molecular formula is C25H28N4O2. The van der Waals surface area contributed by atoms with E-state index in [1.807, 2.05) is 6.20 Å². The van der Waals surface area contributed by atoms with Crippen LogP contribution in [0.3, 0.4) is 0 Å². The van der Waals surface area contributed by atoms with Crippen molar-refractivity contribution in [2.75, 3.05) is 18.5 Å². The van der Waals surface area contributed by atoms with Gasteiger partial charge >= 0.3 is 0 Å². The maximum absolute atomic E-state index is 6.11. The molecule has 6 heteroatoms. The predicted molar refractivity (Wildman–Crippen MR) is 119 cm³/mol. The first-order valence-electron chi connectivity index (χ1n) is 11.5. The molecule has 5 heterocycles. The molecule has 160 valence electrons. The van der Waals surface area contributed by atoms with Gasteiger partial charge in [0.25, 0.3) is 0 Å². The van der Waals surface area contributed by atoms with Gasteiger partial charge in [-0.2, -0.15) is 0 Å². The molecule has 0 radical (unpaired) electrons. The average molecular weight is 417 g/mol. The van der Waals surface area contributed by atoms with Gasteiger partial charge in [-0.15, -0.1) is 0 Å². The molecule has 0 saturated carbocycles. The average Bonchev–Trinajstić information content (AvgIpc) is 3.40. The summed E-state index contributed by atoms with van der Waals surface area (Å²) in [4.78, 5) is 9.43. The van der Waals surface area contributed by atoms with Crippen LogP contribution >= 0.6 is 0 Å². The summed E-state index contributed by atoms with van der Waals surface area (Å²) in [6, 6.07) is 15.6. The fourth-order valence-electron chi connectivity index (χ4n) is 5.20. The number of fused-ring (bicyclic) bond motifs is 3. The van der Waals surface area contributed by atoms with Gasteiger partial charge in [0.2, 0.25) is 5.88 Å². The van der Waals surface area contributed by atoms with Crippen LogP contribution in [-0.2, 0) is 17.6 Å². The van der Waals surface area contributed by atoms with Crippen molar-refractivity contribution in [2.24, 2.45) is 0 Å². The number of aromatic nitrogens is 3. The SMILES string of the molecule is c1ccc([C@H]2CCc3nc4c(n32)NC(c2ccnc(OC3CCCOC3)c2)CC4)cc1. The quantitative estimate of drug-likeness (QED) is 0.680. The molecule has 2 unspecified atom stereocenters. The van der Waals surface area contributed by atoms with Crippen molar-refractivity contribution in [1.82, 2.24) is 14.5 Å². The number of hydrogen-bond donors (Lipinski definition) is 1. The molecule has 0 aliphatic carbocycles. The van der Waals surface area contributed by atoms with Crippen molar-refractivity contribution in [3.05, 3.63) is 71.3 Å². The van der Waals surface area contributed by atoms with Gasteiger partial charge in [-0.1, -0.05) is 30.3 Å². The van der Waals surface area contributed by atoms with E-state index in [4.69, 9.17) is 14.5 Å². The lowest BCUT2D eigenvalue weighted by atomic mass is 9.98. The van der Waals surface area contributed by atoms with E-state index in [2.05, 4.69) is 57.3 Å². The van der Waals surface area contributed by atoms with Crippen molar-refractivity contribution in [1.29, 1.82) is 0 Å². The molecule has 1 saturated heterocycles. The molecule has 1 N–H and O–H groups in total. The van der Waals surface area contributed by atoms with Crippen LogP contribution < -0.4 is 10.1 Å². The lowest BCUT2D eigenvalue weighted by Crippen LogP contribution is -2.28. The molecule has 0 amide bonds. The molecule has 0 bridgehead atoms. The summed E-state index contributed by atoms with van der Waals surface area (Å²) < 4.78 is 14.1. The third kappa shape index (κ3) is 3.59. The maximum Gasteiger partial charge on any atom is 0.213 e. The minimum atomic E-state index is 0.104. The highest BCUT2D eigenvalue weighted by Crippen LogP contribution is 2.41. The van der Waals surface area contributed by atoms with E-state index in [0.29, 0.717) is 18.5 Å². The van der Waals surface area contributed by atoms with Crippen molar-refractivity contribution >= 4 is 5.82 Å². The lowest BCUT2D eigenvalue weighted by Gasteiger charge is -2.28. The van der Waals surface area contributed by atoms with E-state index in [-0.39, 0.29) is 12.1 Å². The smallest absolute Gasteiger partial charge is 0.213 e. The zero-order chi connectivity index (χ0) is 20.6. The number of pyridine rings is 1. The van der Waals surface area contributed by atoms with Crippen molar-refractivity contribution in [3.8, 4) is 5.88 Å². The molecule has 3 atom stereocenters. The zero-order valence-corrected chi connectivity index (χ0v) is 17.7. The van der Waals surface area contributed by atoms with E-state index < -0.39 is 0 Å². The van der Waals surface area contributed by atoms with E-state index in [9.17, 15) is 0 Å². The van der Waals surface area contributed by atoms with Crippen LogP contribution in [0.2, 0.25) is 0 Å². The molecule has 6 rings (SSSR count). The van der Waals surface area contributed by atoms with Gasteiger partial charge in [0, 0.05) is 25.3 Å². The van der Waals surface area contributed by atoms with E-state index in [1.54, 1.807) is 0 Å². The topological polar surface area (TPSA) is 61.2 Å². The van der Waals surface area contributed by atoms with Crippen LogP contribution in [0.25, 0.3) is 0 Å². The Morgan fingerprint density at radius 2 is 1.97 bits per heavy atom. The second kappa shape index (κ2) is 8.00. The summed E-state index contributed by atoms with van der Waals surface area (Å²) in [5, 5.41) is 3.82. The fourth-order valence-corrected chi connectivity index (χ4v) is 5.20. The Morgan fingerprint density at radius 1 is 1.03 bits per heavy atom. The van der Waals surface area contributed by atoms with Gasteiger partial charge in [0.1, 0.15) is 17.7 Å². The first-order valence-corrected chi connectivity index (χ1v) is 11.5. The third-order valence-corrected chi connectivity index (χ3v) is 6.74. The van der Waals surface area contributed by atoms with Crippen LogP contribution in [0.5, 0.6) is 5.88 Å². The minimum absolute atomic E-state index is 0.104. The summed E-state index contributed by atoms with van der Waals surface area (Å²) in [6.45, 7) is 1.49. The molecule has 3 aromatic rings. The fraction of sp³-hybridized carbons (Fsp3) is 0.440. The number of ether oxygens (including phenoxy) is 2. The Bertz CT molecular complexity index is 1060. The number of anilines is 1. The van der Waals surface area contributed by atoms with Crippen LogP contribution in [0, 0.1) is 0 Å². The Hall–Kier alpha value is -2.86. The Kier molecular flexibility index (Phi) is 4.87. The molecule has 6 nitrogen and oxygen atoms in total. The van der Waals surface area contributed by atoms with E-state index in [1.165, 1.54) is 28.5 Å². The normalized spacial score (nSPS) is 24.8. The van der Waals surface area contributed by atoms with Gasteiger partial charge in [0.15, 0.2) is 0 Å². The first-order chi connectivity index (χ1) is 15.3. The summed E-state index contributed by atoms with van der Waals surface area (Å²) >= 11 is 0. The first kappa shape index (κ1) is 18.9. The minimum Gasteiger partial charge on any atom is -0.472 e. The molecule has 31 heavy (non-hydrogen) atoms. The van der Waals surface area contributed by atoms with Crippen molar-refractivity contribution in [2.45, 2.75) is 56.7 Å². The van der Waals surface area contributed by atoms with Gasteiger partial charge in [-0.25, -0.2) is 9.97 Å². The lowest BCUT2D eigenvalue weighted by molar-refractivity contribution is 0.00545. The van der Waals surface area contributed by atoms with Gasteiger partial charge < -0.3 is 19.4 Å². The molecule has 2 aromatic heterocycles. The Labute approximate surface area is 182 Å². The van der Waals surface area contributed by atoms with Crippen LogP contribution in [0.4, 0.5) is 5.82 Å². The van der Waals surface area contributed by atoms with E-state index >= 15 is 0 Å². The summed E-state index contributed by atoms with van der Waals surface area (Å²) in [6.07, 6.45) is 8.20. The van der Waals surface area contributed by atoms with Crippen LogP contribution in [-0.4, -0.2) is 33.9 Å². The molecule has 0 spiro atoms. The standard InChI is InChI=1S/C25H28N4O2/c1-2-5-17(6-3-1)22-10-11-23-27-21-9-8-20(28-25(21)29(22)23)18-12-13-26-24(15-18)31-19-7-4-14-30-16-19/h1-3,5-6,12-13,15,19-20,22,28H,4,7-11,14,16H2/t19?,20?,22-/m1/s1. The predicted octanol–water partition coefficient (Wildman–Crippen LogP) is 4.47. The number of aryl methyl sites for hydroxylation is 2. The number of imidazole rings is 1. The molecule has 3 aliphatic heterocycles. The van der Waals surface area contributed by atoms with Gasteiger partial charge in [0.05, 0.1) is 24.4 Å². The molecule has 1 aromatic carbocycles. The van der Waals surface area contributed by atoms with Crippen LogP contribution in [0.1, 0.15) is 60.4 Å². The van der Waals surface area contributed by atoms with Crippen molar-refractivity contribution in [3.63, 3.8) is 0 Å². The second-order valence-electron chi connectivity index (χ2n) is 8.78.